The second kappa shape index (κ2) is 4.31. The molecule has 0 amide bonds. The number of imidazole rings is 1. The van der Waals surface area contributed by atoms with Crippen molar-refractivity contribution in [1.29, 1.82) is 5.41 Å². The number of nitrogens with one attached hydrogen (secondary N) is 1. The zero-order chi connectivity index (χ0) is 11.5. The van der Waals surface area contributed by atoms with Crippen molar-refractivity contribution in [2.75, 3.05) is 0 Å². The van der Waals surface area contributed by atoms with Crippen LogP contribution in [0.1, 0.15) is 5.69 Å². The zero-order valence-electron chi connectivity index (χ0n) is 8.58. The molecule has 0 fully saturated rings. The highest BCUT2D eigenvalue weighted by molar-refractivity contribution is 7.99. The van der Waals surface area contributed by atoms with Crippen LogP contribution in [0.5, 0.6) is 0 Å². The number of nitrogens with zero attached hydrogens (tertiary/aromatic N) is 4. The molecule has 2 aromatic heterocycles. The van der Waals surface area contributed by atoms with E-state index in [0.717, 1.165) is 5.16 Å². The maximum absolute atomic E-state index is 7.39. The Morgan fingerprint density at radius 2 is 2.06 bits per heavy atom. The zero-order valence-corrected chi connectivity index (χ0v) is 9.40. The van der Waals surface area contributed by atoms with Gasteiger partial charge in [-0.25, -0.2) is 15.0 Å². The van der Waals surface area contributed by atoms with Crippen molar-refractivity contribution in [3.63, 3.8) is 0 Å². The first-order valence-corrected chi connectivity index (χ1v) is 5.30. The van der Waals surface area contributed by atoms with E-state index in [1.54, 1.807) is 12.4 Å². The molecule has 0 saturated carbocycles. The summed E-state index contributed by atoms with van der Waals surface area (Å²) in [5.41, 5.74) is 5.81. The van der Waals surface area contributed by atoms with Gasteiger partial charge < -0.3 is 10.3 Å². The standard InChI is InChI=1S/C9H10N6S/c1-15-5-4-14-9(15)16-8-6(7(10)11)12-2-3-13-8/h2-5H,1H3,(H3,10,11). The molecule has 3 N–H and O–H groups in total. The highest BCUT2D eigenvalue weighted by Gasteiger charge is 2.11. The van der Waals surface area contributed by atoms with Crippen molar-refractivity contribution in [3.8, 4) is 0 Å². The average Bonchev–Trinajstić information content (AvgIpc) is 2.65. The average molecular weight is 234 g/mol. The molecule has 2 heterocycles. The van der Waals surface area contributed by atoms with Gasteiger partial charge in [-0.3, -0.25) is 5.41 Å². The van der Waals surface area contributed by atoms with Gasteiger partial charge in [-0.2, -0.15) is 0 Å². The van der Waals surface area contributed by atoms with Crippen LogP contribution in [0.4, 0.5) is 0 Å². The van der Waals surface area contributed by atoms with Crippen LogP contribution in [0, 0.1) is 5.41 Å². The van der Waals surface area contributed by atoms with Gasteiger partial charge in [-0.1, -0.05) is 0 Å². The summed E-state index contributed by atoms with van der Waals surface area (Å²) < 4.78 is 1.86. The van der Waals surface area contributed by atoms with E-state index in [1.807, 2.05) is 17.8 Å². The smallest absolute Gasteiger partial charge is 0.174 e. The Kier molecular flexibility index (Phi) is 2.86. The van der Waals surface area contributed by atoms with Gasteiger partial charge in [-0.15, -0.1) is 0 Å². The Balaban J connectivity index is 2.35. The Bertz CT molecular complexity index is 520. The fourth-order valence-electron chi connectivity index (χ4n) is 1.12. The van der Waals surface area contributed by atoms with Crippen LogP contribution in [0.25, 0.3) is 0 Å². The molecule has 82 valence electrons. The van der Waals surface area contributed by atoms with Gasteiger partial charge in [0.05, 0.1) is 0 Å². The third-order valence-electron chi connectivity index (χ3n) is 1.88. The van der Waals surface area contributed by atoms with E-state index in [1.165, 1.54) is 18.0 Å². The minimum atomic E-state index is -0.0928. The first-order chi connectivity index (χ1) is 7.68. The third-order valence-corrected chi connectivity index (χ3v) is 2.95. The summed E-state index contributed by atoms with van der Waals surface area (Å²) in [7, 11) is 1.89. The molecule has 0 aromatic carbocycles. The molecule has 0 radical (unpaired) electrons. The highest BCUT2D eigenvalue weighted by atomic mass is 32.2. The summed E-state index contributed by atoms with van der Waals surface area (Å²) >= 11 is 1.33. The molecule has 0 saturated heterocycles. The van der Waals surface area contributed by atoms with Gasteiger partial charge in [0.25, 0.3) is 0 Å². The van der Waals surface area contributed by atoms with Crippen molar-refractivity contribution < 1.29 is 0 Å². The molecular weight excluding hydrogens is 224 g/mol. The first-order valence-electron chi connectivity index (χ1n) is 4.49. The van der Waals surface area contributed by atoms with E-state index in [-0.39, 0.29) is 5.84 Å². The predicted octanol–water partition coefficient (Wildman–Crippen LogP) is 0.645. The van der Waals surface area contributed by atoms with Crippen molar-refractivity contribution in [3.05, 3.63) is 30.5 Å². The minimum Gasteiger partial charge on any atom is -0.382 e. The maximum Gasteiger partial charge on any atom is 0.174 e. The molecule has 0 atom stereocenters. The lowest BCUT2D eigenvalue weighted by Gasteiger charge is -2.04. The van der Waals surface area contributed by atoms with Gasteiger partial charge in [0.2, 0.25) is 0 Å². The molecule has 0 spiro atoms. The van der Waals surface area contributed by atoms with Crippen LogP contribution < -0.4 is 5.73 Å². The molecule has 2 aromatic rings. The Morgan fingerprint density at radius 1 is 1.31 bits per heavy atom. The summed E-state index contributed by atoms with van der Waals surface area (Å²) in [6.45, 7) is 0. The SMILES string of the molecule is Cn1ccnc1Sc1nccnc1C(=N)N. The number of nitrogen functional groups attached to an aromatic ring is 1. The predicted molar refractivity (Wildman–Crippen MR) is 60.4 cm³/mol. The van der Waals surface area contributed by atoms with Crippen LogP contribution in [0.2, 0.25) is 0 Å². The summed E-state index contributed by atoms with van der Waals surface area (Å²) in [4.78, 5) is 12.3. The summed E-state index contributed by atoms with van der Waals surface area (Å²) in [6.07, 6.45) is 6.62. The molecule has 2 rings (SSSR count). The molecule has 0 unspecified atom stereocenters. The number of amidine groups is 1. The molecule has 7 heteroatoms. The fourth-order valence-corrected chi connectivity index (χ4v) is 1.99. The maximum atomic E-state index is 7.39. The fraction of sp³-hybridized carbons (Fsp3) is 0.111. The van der Waals surface area contributed by atoms with Gasteiger partial charge in [0.15, 0.2) is 5.16 Å². The van der Waals surface area contributed by atoms with Crippen LogP contribution in [-0.2, 0) is 7.05 Å². The molecule has 0 aliphatic carbocycles. The van der Waals surface area contributed by atoms with Crippen LogP contribution in [-0.4, -0.2) is 25.4 Å². The van der Waals surface area contributed by atoms with E-state index in [9.17, 15) is 0 Å². The molecule has 16 heavy (non-hydrogen) atoms. The Labute approximate surface area is 96.4 Å². The van der Waals surface area contributed by atoms with E-state index in [2.05, 4.69) is 15.0 Å². The van der Waals surface area contributed by atoms with Crippen LogP contribution >= 0.6 is 11.8 Å². The second-order valence-electron chi connectivity index (χ2n) is 3.05. The molecule has 0 bridgehead atoms. The molecule has 0 aliphatic heterocycles. The number of hydrogen-bond acceptors (Lipinski definition) is 5. The van der Waals surface area contributed by atoms with E-state index < -0.39 is 0 Å². The summed E-state index contributed by atoms with van der Waals surface area (Å²) in [5.74, 6) is -0.0928. The lowest BCUT2D eigenvalue weighted by molar-refractivity contribution is 0.788. The van der Waals surface area contributed by atoms with Crippen LogP contribution in [0.3, 0.4) is 0 Å². The molecule has 0 aliphatic rings. The number of aryl methyl sites for hydroxylation is 1. The largest absolute Gasteiger partial charge is 0.382 e. The van der Waals surface area contributed by atoms with E-state index in [4.69, 9.17) is 11.1 Å². The number of nitrogens with two attached hydrogens (primary N) is 1. The van der Waals surface area contributed by atoms with Crippen molar-refractivity contribution >= 4 is 17.6 Å². The van der Waals surface area contributed by atoms with Gasteiger partial charge in [-0.05, 0) is 11.8 Å². The topological polar surface area (TPSA) is 93.5 Å². The monoisotopic (exact) mass is 234 g/mol. The quantitative estimate of drug-likeness (QED) is 0.600. The lowest BCUT2D eigenvalue weighted by Crippen LogP contribution is -2.15. The van der Waals surface area contributed by atoms with Crippen molar-refractivity contribution in [1.82, 2.24) is 19.5 Å². The van der Waals surface area contributed by atoms with Crippen molar-refractivity contribution in [2.24, 2.45) is 12.8 Å². The number of rotatable bonds is 3. The summed E-state index contributed by atoms with van der Waals surface area (Å²) in [6, 6.07) is 0. The molecule has 6 nitrogen and oxygen atoms in total. The minimum absolute atomic E-state index is 0.0928. The van der Waals surface area contributed by atoms with Crippen molar-refractivity contribution in [2.45, 2.75) is 10.2 Å². The second-order valence-corrected chi connectivity index (χ2v) is 4.00. The first kappa shape index (κ1) is 10.6. The highest BCUT2D eigenvalue weighted by Crippen LogP contribution is 2.25. The number of hydrogen-bond donors (Lipinski definition) is 2. The normalized spacial score (nSPS) is 10.3. The van der Waals surface area contributed by atoms with Crippen LogP contribution in [0.15, 0.2) is 35.0 Å². The lowest BCUT2D eigenvalue weighted by atomic mass is 10.4. The van der Waals surface area contributed by atoms with E-state index in [0.29, 0.717) is 10.7 Å². The van der Waals surface area contributed by atoms with Gasteiger partial charge in [0, 0.05) is 31.8 Å². The molecular formula is C9H10N6S. The van der Waals surface area contributed by atoms with Gasteiger partial charge >= 0.3 is 0 Å². The Hall–Kier alpha value is -1.89. The van der Waals surface area contributed by atoms with Gasteiger partial charge in [0.1, 0.15) is 16.6 Å². The Morgan fingerprint density at radius 3 is 2.69 bits per heavy atom. The third kappa shape index (κ3) is 2.03. The number of aromatic nitrogens is 4. The summed E-state index contributed by atoms with van der Waals surface area (Å²) in [5, 5.41) is 8.76. The van der Waals surface area contributed by atoms with E-state index >= 15 is 0 Å².